The molecule has 0 unspecified atom stereocenters. The molecule has 2 heterocycles. The summed E-state index contributed by atoms with van der Waals surface area (Å²) >= 11 is 0. The number of rotatable bonds is 10. The summed E-state index contributed by atoms with van der Waals surface area (Å²) in [6, 6.07) is 7.44. The lowest BCUT2D eigenvalue weighted by Crippen LogP contribution is -2.51. The average molecular weight is 505 g/mol. The van der Waals surface area contributed by atoms with E-state index >= 15 is 0 Å². The molecule has 1 aromatic heterocycles. The van der Waals surface area contributed by atoms with Gasteiger partial charge < -0.3 is 19.7 Å². The van der Waals surface area contributed by atoms with E-state index in [1.54, 1.807) is 50.4 Å². The number of carbonyl (C=O) groups excluding carboxylic acids is 1. The van der Waals surface area contributed by atoms with E-state index in [-0.39, 0.29) is 36.1 Å². The van der Waals surface area contributed by atoms with E-state index in [0.717, 1.165) is 12.8 Å². The van der Waals surface area contributed by atoms with Crippen LogP contribution in [0.15, 0.2) is 41.6 Å². The van der Waals surface area contributed by atoms with E-state index in [2.05, 4.69) is 10.3 Å². The minimum atomic E-state index is -3.70. The highest BCUT2D eigenvalue weighted by atomic mass is 32.2. The number of aryl methyl sites for hydroxylation is 2. The number of carbonyl (C=O) groups is 1. The van der Waals surface area contributed by atoms with Crippen molar-refractivity contribution in [1.82, 2.24) is 19.5 Å². The third kappa shape index (κ3) is 6.00. The molecule has 1 amide bonds. The Balaban J connectivity index is 1.49. The van der Waals surface area contributed by atoms with Crippen molar-refractivity contribution in [2.75, 3.05) is 54.1 Å². The molecule has 9 nitrogen and oxygen atoms in total. The Morgan fingerprint density at radius 3 is 2.31 bits per heavy atom. The summed E-state index contributed by atoms with van der Waals surface area (Å²) in [5.41, 5.74) is 2.25. The van der Waals surface area contributed by atoms with Crippen LogP contribution in [0.5, 0.6) is 5.75 Å². The number of nitrogens with one attached hydrogen (secondary N) is 1. The second-order valence-electron chi connectivity index (χ2n) is 8.92. The predicted octanol–water partition coefficient (Wildman–Crippen LogP) is 2.08. The number of hydrogen-bond acceptors (Lipinski definition) is 7. The molecule has 0 radical (unpaired) electrons. The number of nitrogens with zero attached hydrogens (tertiary/aromatic N) is 3. The maximum Gasteiger partial charge on any atom is 0.248 e. The monoisotopic (exact) mass is 504 g/mol. The van der Waals surface area contributed by atoms with E-state index in [1.165, 1.54) is 16.9 Å². The van der Waals surface area contributed by atoms with Gasteiger partial charge in [0.15, 0.2) is 0 Å². The van der Waals surface area contributed by atoms with Crippen LogP contribution in [0.4, 0.5) is 0 Å². The quantitative estimate of drug-likeness (QED) is 0.495. The Morgan fingerprint density at radius 2 is 1.77 bits per heavy atom. The first-order valence-electron chi connectivity index (χ1n) is 11.7. The second-order valence-corrected chi connectivity index (χ2v) is 10.9. The molecule has 1 aliphatic heterocycles. The molecule has 35 heavy (non-hydrogen) atoms. The van der Waals surface area contributed by atoms with E-state index in [1.807, 2.05) is 19.2 Å². The van der Waals surface area contributed by atoms with Gasteiger partial charge in [-0.05, 0) is 74.7 Å². The third-order valence-electron chi connectivity index (χ3n) is 6.80. The number of amides is 1. The number of piperidine rings is 1. The van der Waals surface area contributed by atoms with Gasteiger partial charge in [0.25, 0.3) is 0 Å². The van der Waals surface area contributed by atoms with Gasteiger partial charge in [-0.1, -0.05) is 0 Å². The van der Waals surface area contributed by atoms with E-state index in [4.69, 9.17) is 9.47 Å². The number of hydrogen-bond donors (Lipinski definition) is 1. The van der Waals surface area contributed by atoms with Gasteiger partial charge in [0, 0.05) is 44.6 Å². The van der Waals surface area contributed by atoms with Crippen molar-refractivity contribution in [2.45, 2.75) is 37.1 Å². The minimum absolute atomic E-state index is 0.0731. The molecule has 0 spiro atoms. The van der Waals surface area contributed by atoms with Crippen molar-refractivity contribution >= 4 is 15.9 Å². The second kappa shape index (κ2) is 11.5. The molecule has 0 bridgehead atoms. The highest BCUT2D eigenvalue weighted by Gasteiger charge is 2.36. The molecule has 0 aliphatic carbocycles. The Hall–Kier alpha value is -2.53. The number of aromatic nitrogens is 1. The van der Waals surface area contributed by atoms with Gasteiger partial charge in [0.05, 0.1) is 18.6 Å². The van der Waals surface area contributed by atoms with Crippen LogP contribution in [-0.2, 0) is 25.1 Å². The van der Waals surface area contributed by atoms with Crippen LogP contribution < -0.4 is 10.1 Å². The molecule has 1 aliphatic rings. The van der Waals surface area contributed by atoms with Crippen molar-refractivity contribution in [1.29, 1.82) is 0 Å². The minimum Gasteiger partial charge on any atom is -0.497 e. The van der Waals surface area contributed by atoms with Crippen LogP contribution in [0.3, 0.4) is 0 Å². The zero-order chi connectivity index (χ0) is 25.6. The highest BCUT2D eigenvalue weighted by molar-refractivity contribution is 7.89. The summed E-state index contributed by atoms with van der Waals surface area (Å²) in [4.78, 5) is 18.8. The Kier molecular flexibility index (Phi) is 8.87. The van der Waals surface area contributed by atoms with Crippen molar-refractivity contribution in [3.05, 3.63) is 53.3 Å². The van der Waals surface area contributed by atoms with Crippen LogP contribution >= 0.6 is 0 Å². The first-order chi connectivity index (χ1) is 16.6. The molecular weight excluding hydrogens is 468 g/mol. The summed E-state index contributed by atoms with van der Waals surface area (Å²) in [6.07, 6.45) is 5.16. The van der Waals surface area contributed by atoms with Crippen LogP contribution in [0.1, 0.15) is 29.5 Å². The van der Waals surface area contributed by atoms with Gasteiger partial charge >= 0.3 is 0 Å². The van der Waals surface area contributed by atoms with Crippen LogP contribution in [0.2, 0.25) is 0 Å². The number of ether oxygens (including phenoxy) is 2. The maximum atomic E-state index is 13.1. The third-order valence-corrected chi connectivity index (χ3v) is 8.96. The van der Waals surface area contributed by atoms with Gasteiger partial charge in [-0.3, -0.25) is 9.78 Å². The summed E-state index contributed by atoms with van der Waals surface area (Å²) in [5.74, 6) is 0.533. The predicted molar refractivity (Wildman–Crippen MR) is 134 cm³/mol. The lowest BCUT2D eigenvalue weighted by Gasteiger charge is -2.42. The zero-order valence-electron chi connectivity index (χ0n) is 21.2. The van der Waals surface area contributed by atoms with Gasteiger partial charge in [-0.2, -0.15) is 4.31 Å². The molecule has 3 rings (SSSR count). The number of methoxy groups -OCH3 is 1. The van der Waals surface area contributed by atoms with E-state index in [9.17, 15) is 13.2 Å². The Bertz CT molecular complexity index is 1090. The molecular formula is C25H36N4O5S. The van der Waals surface area contributed by atoms with E-state index in [0.29, 0.717) is 30.0 Å². The zero-order valence-corrected chi connectivity index (χ0v) is 22.0. The molecule has 2 aromatic rings. The summed E-state index contributed by atoms with van der Waals surface area (Å²) in [5, 5.41) is 3.43. The number of sulfonamides is 1. The lowest BCUT2D eigenvalue weighted by molar-refractivity contribution is -0.138. The topological polar surface area (TPSA) is 101 Å². The van der Waals surface area contributed by atoms with E-state index < -0.39 is 10.0 Å². The van der Waals surface area contributed by atoms with Crippen LogP contribution in [0, 0.1) is 13.8 Å². The van der Waals surface area contributed by atoms with Gasteiger partial charge in [0.2, 0.25) is 15.9 Å². The average Bonchev–Trinajstić information content (AvgIpc) is 2.86. The maximum absolute atomic E-state index is 13.1. The summed E-state index contributed by atoms with van der Waals surface area (Å²) < 4.78 is 38.3. The molecule has 1 fully saturated rings. The Labute approximate surface area is 208 Å². The standard InChI is InChI=1S/C25H36N4O5S/c1-19-16-22(33-5)17-20(2)24(19)35(31,32)28(4)14-15-34-18-23(30)29-12-8-25(26-3,9-13-29)21-6-10-27-11-7-21/h6-7,10-11,16-17,26H,8-9,12-15,18H2,1-5H3. The summed E-state index contributed by atoms with van der Waals surface area (Å²) in [7, 11) is 1.32. The molecule has 1 aromatic carbocycles. The molecule has 1 saturated heterocycles. The Morgan fingerprint density at radius 1 is 1.17 bits per heavy atom. The van der Waals surface area contributed by atoms with Gasteiger partial charge in [-0.25, -0.2) is 8.42 Å². The number of benzene rings is 1. The highest BCUT2D eigenvalue weighted by Crippen LogP contribution is 2.32. The van der Waals surface area contributed by atoms with Crippen molar-refractivity contribution in [3.8, 4) is 5.75 Å². The molecule has 192 valence electrons. The molecule has 10 heteroatoms. The SMILES string of the molecule is CNC1(c2ccncc2)CCN(C(=O)COCCN(C)S(=O)(=O)c2c(C)cc(OC)cc2C)CC1. The number of likely N-dealkylation sites (tertiary alicyclic amines) is 1. The molecule has 1 N–H and O–H groups in total. The van der Waals surface area contributed by atoms with Gasteiger partial charge in [-0.15, -0.1) is 0 Å². The fourth-order valence-corrected chi connectivity index (χ4v) is 6.21. The smallest absolute Gasteiger partial charge is 0.248 e. The summed E-state index contributed by atoms with van der Waals surface area (Å²) in [6.45, 7) is 4.94. The lowest BCUT2D eigenvalue weighted by atomic mass is 9.81. The first kappa shape index (κ1) is 27.1. The van der Waals surface area contributed by atoms with Crippen molar-refractivity contribution in [2.24, 2.45) is 0 Å². The molecule has 0 atom stereocenters. The van der Waals surface area contributed by atoms with Crippen molar-refractivity contribution in [3.63, 3.8) is 0 Å². The molecule has 0 saturated carbocycles. The van der Waals surface area contributed by atoms with Gasteiger partial charge in [0.1, 0.15) is 12.4 Å². The fraction of sp³-hybridized carbons (Fsp3) is 0.520. The van der Waals surface area contributed by atoms with Crippen LogP contribution in [-0.4, -0.2) is 82.6 Å². The normalized spacial score (nSPS) is 15.9. The first-order valence-corrected chi connectivity index (χ1v) is 13.1. The van der Waals surface area contributed by atoms with Crippen molar-refractivity contribution < 1.29 is 22.7 Å². The largest absolute Gasteiger partial charge is 0.497 e. The van der Waals surface area contributed by atoms with Crippen LogP contribution in [0.25, 0.3) is 0 Å². The number of pyridine rings is 1. The number of likely N-dealkylation sites (N-methyl/N-ethyl adjacent to an activating group) is 1. The fourth-order valence-electron chi connectivity index (χ4n) is 4.65.